The van der Waals surface area contributed by atoms with E-state index in [2.05, 4.69) is 5.43 Å². The largest absolute Gasteiger partial charge is 0.409 e. The van der Waals surface area contributed by atoms with Crippen LogP contribution in [-0.4, -0.2) is 23.6 Å². The van der Waals surface area contributed by atoms with E-state index in [1.807, 2.05) is 32.0 Å². The van der Waals surface area contributed by atoms with E-state index in [0.29, 0.717) is 11.3 Å². The molecule has 1 N–H and O–H groups in total. The van der Waals surface area contributed by atoms with Gasteiger partial charge in [0.2, 0.25) is 5.91 Å². The summed E-state index contributed by atoms with van der Waals surface area (Å²) in [4.78, 5) is 11.4. The van der Waals surface area contributed by atoms with Gasteiger partial charge in [-0.3, -0.25) is 10.2 Å². The molecule has 0 saturated carbocycles. The molecule has 0 radical (unpaired) electrons. The van der Waals surface area contributed by atoms with Crippen LogP contribution in [0.1, 0.15) is 43.4 Å². The molecule has 1 atom stereocenters. The van der Waals surface area contributed by atoms with E-state index in [0.717, 1.165) is 16.0 Å². The highest BCUT2D eigenvalue weighted by molar-refractivity contribution is 5.87. The topological polar surface area (TPSA) is 32.3 Å². The fourth-order valence-electron chi connectivity index (χ4n) is 3.13. The van der Waals surface area contributed by atoms with Crippen LogP contribution >= 0.6 is 0 Å². The molecule has 1 amide bonds. The molecule has 6 heteroatoms. The van der Waals surface area contributed by atoms with Crippen LogP contribution in [0.4, 0.5) is 13.2 Å². The van der Waals surface area contributed by atoms with Crippen molar-refractivity contribution in [3.05, 3.63) is 47.5 Å². The van der Waals surface area contributed by atoms with Gasteiger partial charge in [-0.05, 0) is 27.8 Å². The minimum absolute atomic E-state index is 0.0451. The molecule has 2 aromatic rings. The van der Waals surface area contributed by atoms with Crippen molar-refractivity contribution < 1.29 is 18.0 Å². The Morgan fingerprint density at radius 1 is 1.17 bits per heavy atom. The van der Waals surface area contributed by atoms with Gasteiger partial charge in [0.1, 0.15) is 0 Å². The van der Waals surface area contributed by atoms with Gasteiger partial charge in [-0.25, -0.2) is 5.01 Å². The minimum Gasteiger partial charge on any atom is -0.288 e. The molecule has 24 heavy (non-hydrogen) atoms. The Kier molecular flexibility index (Phi) is 4.25. The van der Waals surface area contributed by atoms with Gasteiger partial charge in [-0.2, -0.15) is 13.2 Å². The quantitative estimate of drug-likeness (QED) is 0.906. The standard InChI is InChI=1S/C18H19F3N2O/c1-11(2)12-6-7-14-13(10-12)4-3-5-15(14)17(18(19,20)21)23-9-8-16(24)22-23/h3-7,10-11,17H,8-9H2,1-2H3,(H,22,24). The van der Waals surface area contributed by atoms with E-state index in [-0.39, 0.29) is 24.4 Å². The Hall–Kier alpha value is -2.08. The van der Waals surface area contributed by atoms with E-state index in [9.17, 15) is 18.0 Å². The third kappa shape index (κ3) is 3.11. The summed E-state index contributed by atoms with van der Waals surface area (Å²) in [6.45, 7) is 4.13. The Balaban J connectivity index is 2.12. The van der Waals surface area contributed by atoms with E-state index in [4.69, 9.17) is 0 Å². The lowest BCUT2D eigenvalue weighted by atomic mass is 9.94. The summed E-state index contributed by atoms with van der Waals surface area (Å²) in [6.07, 6.45) is -4.41. The number of hydrogen-bond donors (Lipinski definition) is 1. The monoisotopic (exact) mass is 336 g/mol. The Labute approximate surface area is 138 Å². The molecule has 0 aliphatic carbocycles. The van der Waals surface area contributed by atoms with Crippen molar-refractivity contribution in [1.82, 2.24) is 10.4 Å². The molecule has 0 bridgehead atoms. The second-order valence-corrected chi connectivity index (χ2v) is 6.41. The summed E-state index contributed by atoms with van der Waals surface area (Å²) in [5, 5.41) is 2.33. The van der Waals surface area contributed by atoms with Gasteiger partial charge < -0.3 is 0 Å². The highest BCUT2D eigenvalue weighted by Crippen LogP contribution is 2.41. The SMILES string of the molecule is CC(C)c1ccc2c(C(N3CCC(=O)N3)C(F)(F)F)cccc2c1. The number of hydrazine groups is 1. The van der Waals surface area contributed by atoms with E-state index >= 15 is 0 Å². The number of hydrogen-bond acceptors (Lipinski definition) is 2. The van der Waals surface area contributed by atoms with Crippen LogP contribution < -0.4 is 5.43 Å². The Morgan fingerprint density at radius 2 is 1.92 bits per heavy atom. The summed E-state index contributed by atoms with van der Waals surface area (Å²) in [5.74, 6) is -0.0825. The zero-order chi connectivity index (χ0) is 17.5. The van der Waals surface area contributed by atoms with Crippen LogP contribution in [0.2, 0.25) is 0 Å². The summed E-state index contributed by atoms with van der Waals surface area (Å²) >= 11 is 0. The molecular formula is C18H19F3N2O. The first-order valence-electron chi connectivity index (χ1n) is 7.93. The number of rotatable bonds is 3. The molecule has 1 fully saturated rings. The average Bonchev–Trinajstić information content (AvgIpc) is 2.91. The first kappa shape index (κ1) is 16.8. The maximum absolute atomic E-state index is 13.7. The lowest BCUT2D eigenvalue weighted by molar-refractivity contribution is -0.190. The van der Waals surface area contributed by atoms with Crippen molar-refractivity contribution >= 4 is 16.7 Å². The number of halogens is 3. The number of carbonyl (C=O) groups excluding carboxylic acids is 1. The average molecular weight is 336 g/mol. The van der Waals surface area contributed by atoms with Crippen molar-refractivity contribution in [2.24, 2.45) is 0 Å². The van der Waals surface area contributed by atoms with Gasteiger partial charge in [0.15, 0.2) is 6.04 Å². The van der Waals surface area contributed by atoms with Crippen molar-refractivity contribution in [2.75, 3.05) is 6.54 Å². The first-order chi connectivity index (χ1) is 11.3. The zero-order valence-corrected chi connectivity index (χ0v) is 13.5. The smallest absolute Gasteiger partial charge is 0.288 e. The molecule has 128 valence electrons. The number of carbonyl (C=O) groups is 1. The molecule has 1 saturated heterocycles. The molecule has 1 heterocycles. The summed E-state index contributed by atoms with van der Waals surface area (Å²) in [5.41, 5.74) is 3.57. The van der Waals surface area contributed by atoms with Crippen molar-refractivity contribution in [1.29, 1.82) is 0 Å². The Bertz CT molecular complexity index is 770. The number of fused-ring (bicyclic) bond motifs is 1. The zero-order valence-electron chi connectivity index (χ0n) is 13.5. The van der Waals surface area contributed by atoms with Crippen molar-refractivity contribution in [3.8, 4) is 0 Å². The Morgan fingerprint density at radius 3 is 2.50 bits per heavy atom. The first-order valence-corrected chi connectivity index (χ1v) is 7.93. The predicted octanol–water partition coefficient (Wildman–Crippen LogP) is 4.30. The van der Waals surface area contributed by atoms with Gasteiger partial charge in [0, 0.05) is 13.0 Å². The third-order valence-electron chi connectivity index (χ3n) is 4.37. The molecule has 1 aliphatic rings. The molecule has 1 aliphatic heterocycles. The van der Waals surface area contributed by atoms with Crippen LogP contribution in [0.25, 0.3) is 10.8 Å². The molecule has 0 spiro atoms. The second-order valence-electron chi connectivity index (χ2n) is 6.41. The number of nitrogens with zero attached hydrogens (tertiary/aromatic N) is 1. The molecule has 3 nitrogen and oxygen atoms in total. The van der Waals surface area contributed by atoms with Crippen LogP contribution in [-0.2, 0) is 4.79 Å². The third-order valence-corrected chi connectivity index (χ3v) is 4.37. The summed E-state index contributed by atoms with van der Waals surface area (Å²) in [6, 6.07) is 8.64. The van der Waals surface area contributed by atoms with Crippen molar-refractivity contribution in [2.45, 2.75) is 38.4 Å². The van der Waals surface area contributed by atoms with Gasteiger partial charge in [-0.1, -0.05) is 50.2 Å². The molecular weight excluding hydrogens is 317 g/mol. The number of benzene rings is 2. The fourth-order valence-corrected chi connectivity index (χ4v) is 3.13. The number of amides is 1. The maximum Gasteiger partial charge on any atom is 0.409 e. The predicted molar refractivity (Wildman–Crippen MR) is 86.3 cm³/mol. The lowest BCUT2D eigenvalue weighted by Crippen LogP contribution is -2.43. The van der Waals surface area contributed by atoms with Gasteiger partial charge >= 0.3 is 6.18 Å². The van der Waals surface area contributed by atoms with Gasteiger partial charge in [0.05, 0.1) is 0 Å². The maximum atomic E-state index is 13.7. The molecule has 0 aromatic heterocycles. The molecule has 3 rings (SSSR count). The summed E-state index contributed by atoms with van der Waals surface area (Å²) < 4.78 is 41.2. The highest BCUT2D eigenvalue weighted by atomic mass is 19.4. The molecule has 2 aromatic carbocycles. The molecule has 1 unspecified atom stereocenters. The second kappa shape index (κ2) is 6.09. The number of nitrogens with one attached hydrogen (secondary N) is 1. The van der Waals surface area contributed by atoms with Gasteiger partial charge in [-0.15, -0.1) is 0 Å². The van der Waals surface area contributed by atoms with Crippen LogP contribution in [0, 0.1) is 0 Å². The summed E-state index contributed by atoms with van der Waals surface area (Å²) in [7, 11) is 0. The van der Waals surface area contributed by atoms with Crippen LogP contribution in [0.15, 0.2) is 36.4 Å². The van der Waals surface area contributed by atoms with Crippen molar-refractivity contribution in [3.63, 3.8) is 0 Å². The fraction of sp³-hybridized carbons (Fsp3) is 0.389. The van der Waals surface area contributed by atoms with Crippen LogP contribution in [0.5, 0.6) is 0 Å². The lowest BCUT2D eigenvalue weighted by Gasteiger charge is -2.30. The van der Waals surface area contributed by atoms with Gasteiger partial charge in [0.25, 0.3) is 0 Å². The van der Waals surface area contributed by atoms with Crippen LogP contribution in [0.3, 0.4) is 0 Å². The normalized spacial score (nSPS) is 17.5. The minimum atomic E-state index is -4.48. The van der Waals surface area contributed by atoms with E-state index < -0.39 is 12.2 Å². The highest BCUT2D eigenvalue weighted by Gasteiger charge is 2.47. The van der Waals surface area contributed by atoms with E-state index in [1.165, 1.54) is 6.07 Å². The van der Waals surface area contributed by atoms with E-state index in [1.54, 1.807) is 12.1 Å². The number of alkyl halides is 3.